The van der Waals surface area contributed by atoms with Crippen molar-refractivity contribution in [3.63, 3.8) is 0 Å². The third kappa shape index (κ3) is 5.76. The molecule has 0 saturated heterocycles. The van der Waals surface area contributed by atoms with Crippen molar-refractivity contribution in [2.24, 2.45) is 0 Å². The molecule has 17 heavy (non-hydrogen) atoms. The molecule has 1 aromatic rings. The Balaban J connectivity index is 2.38. The first kappa shape index (κ1) is 13.3. The van der Waals surface area contributed by atoms with Crippen molar-refractivity contribution in [3.05, 3.63) is 35.9 Å². The van der Waals surface area contributed by atoms with Crippen LogP contribution >= 0.6 is 0 Å². The molecule has 0 heterocycles. The molecule has 0 aliphatic carbocycles. The Hall–Kier alpha value is -1.77. The van der Waals surface area contributed by atoms with Gasteiger partial charge in [0, 0.05) is 0 Å². The van der Waals surface area contributed by atoms with E-state index in [0.29, 0.717) is 13.1 Å². The van der Waals surface area contributed by atoms with Crippen LogP contribution in [-0.2, 0) is 9.53 Å². The zero-order chi connectivity index (χ0) is 12.3. The summed E-state index contributed by atoms with van der Waals surface area (Å²) in [6.45, 7) is 3.64. The Morgan fingerprint density at radius 3 is 2.65 bits per heavy atom. The predicted octanol–water partition coefficient (Wildman–Crippen LogP) is 3.05. The number of hydrogen-bond donors (Lipinski definition) is 0. The maximum atomic E-state index is 9.91. The number of hydrogen-bond acceptors (Lipinski definition) is 3. The van der Waals surface area contributed by atoms with Crippen LogP contribution in [0.3, 0.4) is 0 Å². The van der Waals surface area contributed by atoms with Crippen LogP contribution < -0.4 is 4.74 Å². The molecule has 0 aliphatic rings. The fraction of sp³-hybridized carbons (Fsp3) is 0.357. The van der Waals surface area contributed by atoms with E-state index in [9.17, 15) is 4.79 Å². The molecule has 3 heteroatoms. The fourth-order valence-electron chi connectivity index (χ4n) is 1.29. The van der Waals surface area contributed by atoms with Gasteiger partial charge in [0.2, 0.25) is 0 Å². The van der Waals surface area contributed by atoms with Crippen molar-refractivity contribution in [2.45, 2.75) is 19.8 Å². The predicted molar refractivity (Wildman–Crippen MR) is 67.9 cm³/mol. The molecular formula is C14H18O3. The largest absolute Gasteiger partial charge is 0.494 e. The maximum absolute atomic E-state index is 9.91. The quantitative estimate of drug-likeness (QED) is 0.512. The molecule has 0 saturated carbocycles. The highest BCUT2D eigenvalue weighted by molar-refractivity contribution is 5.51. The van der Waals surface area contributed by atoms with Gasteiger partial charge in [-0.25, -0.2) is 0 Å². The Morgan fingerprint density at radius 2 is 2.00 bits per heavy atom. The standard InChI is InChI=1S/C14H18O3/c1-2-3-11-17-14-8-6-13(7-9-14)5-4-10-16-12-15/h4-9,12H,2-3,10-11H2,1H3. The Labute approximate surface area is 102 Å². The second-order valence-corrected chi connectivity index (χ2v) is 3.60. The van der Waals surface area contributed by atoms with Gasteiger partial charge in [0.05, 0.1) is 6.61 Å². The lowest BCUT2D eigenvalue weighted by atomic mass is 10.2. The van der Waals surface area contributed by atoms with E-state index in [1.165, 1.54) is 0 Å². The lowest BCUT2D eigenvalue weighted by Gasteiger charge is -2.04. The van der Waals surface area contributed by atoms with Crippen LogP contribution in [0.5, 0.6) is 5.75 Å². The van der Waals surface area contributed by atoms with Crippen molar-refractivity contribution in [2.75, 3.05) is 13.2 Å². The van der Waals surface area contributed by atoms with E-state index < -0.39 is 0 Å². The molecule has 0 aromatic heterocycles. The summed E-state index contributed by atoms with van der Waals surface area (Å²) in [5, 5.41) is 0. The minimum absolute atomic E-state index is 0.304. The zero-order valence-corrected chi connectivity index (χ0v) is 10.1. The molecule has 0 spiro atoms. The first-order chi connectivity index (χ1) is 8.36. The second kappa shape index (κ2) is 8.39. The van der Waals surface area contributed by atoms with Gasteiger partial charge in [0.25, 0.3) is 6.47 Å². The molecule has 0 N–H and O–H groups in total. The van der Waals surface area contributed by atoms with Gasteiger partial charge in [-0.05, 0) is 30.2 Å². The van der Waals surface area contributed by atoms with Gasteiger partial charge in [0.15, 0.2) is 0 Å². The average molecular weight is 234 g/mol. The Bertz CT molecular complexity index is 341. The van der Waals surface area contributed by atoms with Gasteiger partial charge in [-0.2, -0.15) is 0 Å². The molecule has 3 nitrogen and oxygen atoms in total. The molecule has 0 aliphatic heterocycles. The summed E-state index contributed by atoms with van der Waals surface area (Å²) in [5.41, 5.74) is 1.06. The van der Waals surface area contributed by atoms with Crippen LogP contribution in [0.25, 0.3) is 6.08 Å². The summed E-state index contributed by atoms with van der Waals surface area (Å²) in [4.78, 5) is 9.91. The van der Waals surface area contributed by atoms with Gasteiger partial charge in [0.1, 0.15) is 12.4 Å². The number of ether oxygens (including phenoxy) is 2. The maximum Gasteiger partial charge on any atom is 0.293 e. The van der Waals surface area contributed by atoms with E-state index in [1.54, 1.807) is 6.08 Å². The molecule has 0 radical (unpaired) electrons. The monoisotopic (exact) mass is 234 g/mol. The molecule has 0 atom stereocenters. The van der Waals surface area contributed by atoms with Crippen molar-refractivity contribution >= 4 is 12.5 Å². The summed E-state index contributed by atoms with van der Waals surface area (Å²) in [7, 11) is 0. The number of carbonyl (C=O) groups excluding carboxylic acids is 1. The molecule has 92 valence electrons. The van der Waals surface area contributed by atoms with Crippen molar-refractivity contribution in [3.8, 4) is 5.75 Å². The highest BCUT2D eigenvalue weighted by Gasteiger charge is 1.92. The van der Waals surface area contributed by atoms with Gasteiger partial charge in [-0.1, -0.05) is 31.6 Å². The SMILES string of the molecule is CCCCOc1ccc(C=CCOC=O)cc1. The summed E-state index contributed by atoms with van der Waals surface area (Å²) < 4.78 is 10.1. The van der Waals surface area contributed by atoms with Gasteiger partial charge in [-0.3, -0.25) is 4.79 Å². The minimum atomic E-state index is 0.304. The third-order valence-electron chi connectivity index (χ3n) is 2.22. The summed E-state index contributed by atoms with van der Waals surface area (Å²) in [6, 6.07) is 7.82. The van der Waals surface area contributed by atoms with Crippen LogP contribution in [0, 0.1) is 0 Å². The van der Waals surface area contributed by atoms with E-state index in [1.807, 2.05) is 30.3 Å². The summed E-state index contributed by atoms with van der Waals surface area (Å²) in [6.07, 6.45) is 5.91. The van der Waals surface area contributed by atoms with Crippen molar-refractivity contribution in [1.29, 1.82) is 0 Å². The zero-order valence-electron chi connectivity index (χ0n) is 10.1. The number of unbranched alkanes of at least 4 members (excludes halogenated alkanes) is 1. The normalized spacial score (nSPS) is 10.4. The van der Waals surface area contributed by atoms with Gasteiger partial charge >= 0.3 is 0 Å². The van der Waals surface area contributed by atoms with E-state index in [-0.39, 0.29) is 0 Å². The second-order valence-electron chi connectivity index (χ2n) is 3.60. The van der Waals surface area contributed by atoms with E-state index >= 15 is 0 Å². The summed E-state index contributed by atoms with van der Waals surface area (Å²) in [5.74, 6) is 0.889. The molecule has 1 rings (SSSR count). The smallest absolute Gasteiger partial charge is 0.293 e. The minimum Gasteiger partial charge on any atom is -0.494 e. The lowest BCUT2D eigenvalue weighted by molar-refractivity contribution is -0.127. The van der Waals surface area contributed by atoms with Crippen molar-refractivity contribution in [1.82, 2.24) is 0 Å². The highest BCUT2D eigenvalue weighted by atomic mass is 16.5. The highest BCUT2D eigenvalue weighted by Crippen LogP contribution is 2.13. The number of benzene rings is 1. The topological polar surface area (TPSA) is 35.5 Å². The van der Waals surface area contributed by atoms with Crippen molar-refractivity contribution < 1.29 is 14.3 Å². The average Bonchev–Trinajstić information content (AvgIpc) is 2.37. The van der Waals surface area contributed by atoms with Gasteiger partial charge < -0.3 is 9.47 Å². The van der Waals surface area contributed by atoms with Gasteiger partial charge in [-0.15, -0.1) is 0 Å². The first-order valence-corrected chi connectivity index (χ1v) is 5.81. The van der Waals surface area contributed by atoms with E-state index in [2.05, 4.69) is 11.7 Å². The van der Waals surface area contributed by atoms with Crippen LogP contribution in [-0.4, -0.2) is 19.7 Å². The first-order valence-electron chi connectivity index (χ1n) is 5.81. The lowest BCUT2D eigenvalue weighted by Crippen LogP contribution is -1.95. The molecular weight excluding hydrogens is 216 g/mol. The number of rotatable bonds is 8. The van der Waals surface area contributed by atoms with Crippen LogP contribution in [0.1, 0.15) is 25.3 Å². The molecule has 1 aromatic carbocycles. The summed E-state index contributed by atoms with van der Waals surface area (Å²) >= 11 is 0. The molecule has 0 fully saturated rings. The Kier molecular flexibility index (Phi) is 6.56. The Morgan fingerprint density at radius 1 is 1.24 bits per heavy atom. The third-order valence-corrected chi connectivity index (χ3v) is 2.22. The molecule has 0 amide bonds. The number of carbonyl (C=O) groups is 1. The fourth-order valence-corrected chi connectivity index (χ4v) is 1.29. The molecule has 0 bridgehead atoms. The molecule has 0 unspecified atom stereocenters. The van der Waals surface area contributed by atoms with Crippen LogP contribution in [0.2, 0.25) is 0 Å². The van der Waals surface area contributed by atoms with E-state index in [4.69, 9.17) is 4.74 Å². The van der Waals surface area contributed by atoms with Crippen LogP contribution in [0.15, 0.2) is 30.3 Å². The van der Waals surface area contributed by atoms with E-state index in [0.717, 1.165) is 30.8 Å². The van der Waals surface area contributed by atoms with Crippen LogP contribution in [0.4, 0.5) is 0 Å².